The lowest BCUT2D eigenvalue weighted by Gasteiger charge is -2.30. The summed E-state index contributed by atoms with van der Waals surface area (Å²) in [5.74, 6) is -1.05. The third kappa shape index (κ3) is 3.28. The molecular formula is C11H18N4O4S. The number of rotatable bonds is 4. The van der Waals surface area contributed by atoms with Crippen LogP contribution in [0.4, 0.5) is 5.69 Å². The summed E-state index contributed by atoms with van der Waals surface area (Å²) in [5.41, 5.74) is 5.53. The summed E-state index contributed by atoms with van der Waals surface area (Å²) in [5, 5.41) is 12.8. The van der Waals surface area contributed by atoms with Crippen LogP contribution >= 0.6 is 0 Å². The zero-order valence-corrected chi connectivity index (χ0v) is 12.0. The van der Waals surface area contributed by atoms with Crippen molar-refractivity contribution < 1.29 is 18.3 Å². The number of anilines is 1. The predicted molar refractivity (Wildman–Crippen MR) is 72.7 cm³/mol. The first-order valence-electron chi connectivity index (χ1n) is 6.28. The molecule has 1 unspecified atom stereocenters. The summed E-state index contributed by atoms with van der Waals surface area (Å²) in [6.07, 6.45) is 4.35. The summed E-state index contributed by atoms with van der Waals surface area (Å²) in [6, 6.07) is 0. The largest absolute Gasteiger partial charge is 0.476 e. The van der Waals surface area contributed by atoms with Gasteiger partial charge in [0, 0.05) is 25.8 Å². The van der Waals surface area contributed by atoms with Crippen LogP contribution < -0.4 is 5.73 Å². The van der Waals surface area contributed by atoms with Crippen LogP contribution in [-0.4, -0.2) is 52.9 Å². The Morgan fingerprint density at radius 3 is 2.85 bits per heavy atom. The van der Waals surface area contributed by atoms with Crippen LogP contribution in [-0.2, 0) is 16.6 Å². The number of nitrogens with two attached hydrogens (primary N) is 1. The van der Waals surface area contributed by atoms with Crippen LogP contribution in [0.2, 0.25) is 0 Å². The molecule has 1 aliphatic heterocycles. The summed E-state index contributed by atoms with van der Waals surface area (Å²) in [4.78, 5) is 10.9. The van der Waals surface area contributed by atoms with Gasteiger partial charge >= 0.3 is 5.97 Å². The molecule has 1 aromatic rings. The highest BCUT2D eigenvalue weighted by Gasteiger charge is 2.26. The fourth-order valence-corrected chi connectivity index (χ4v) is 3.38. The Hall–Kier alpha value is -1.61. The molecule has 0 bridgehead atoms. The number of carboxylic acid groups (broad SMARTS) is 1. The van der Waals surface area contributed by atoms with Crippen molar-refractivity contribution in [1.29, 1.82) is 0 Å². The second kappa shape index (κ2) is 5.41. The van der Waals surface area contributed by atoms with Crippen LogP contribution in [0.3, 0.4) is 0 Å². The minimum atomic E-state index is -3.18. The van der Waals surface area contributed by atoms with Crippen LogP contribution in [0.25, 0.3) is 0 Å². The molecule has 1 saturated heterocycles. The second-order valence-corrected chi connectivity index (χ2v) is 7.07. The predicted octanol–water partition coefficient (Wildman–Crippen LogP) is -0.165. The van der Waals surface area contributed by atoms with Gasteiger partial charge in [0.1, 0.15) is 0 Å². The standard InChI is InChI=1S/C11H18N4O4S/c1-20(18,19)15-4-2-3-8(6-15)5-14-7-9(12)10(13-14)11(16)17/h7-8H,2-6,12H2,1H3,(H,16,17). The van der Waals surface area contributed by atoms with Gasteiger partial charge in [-0.2, -0.15) is 5.10 Å². The number of carbonyl (C=O) groups is 1. The van der Waals surface area contributed by atoms with Crippen LogP contribution in [0.1, 0.15) is 23.3 Å². The van der Waals surface area contributed by atoms with Crippen molar-refractivity contribution in [3.05, 3.63) is 11.9 Å². The Morgan fingerprint density at radius 2 is 2.30 bits per heavy atom. The Morgan fingerprint density at radius 1 is 1.60 bits per heavy atom. The number of piperidine rings is 1. The number of nitrogen functional groups attached to an aromatic ring is 1. The summed E-state index contributed by atoms with van der Waals surface area (Å²) in [6.45, 7) is 1.43. The molecule has 1 atom stereocenters. The van der Waals surface area contributed by atoms with Gasteiger partial charge in [0.15, 0.2) is 5.69 Å². The minimum Gasteiger partial charge on any atom is -0.476 e. The Kier molecular flexibility index (Phi) is 4.00. The highest BCUT2D eigenvalue weighted by molar-refractivity contribution is 7.88. The van der Waals surface area contributed by atoms with Crippen LogP contribution in [0, 0.1) is 5.92 Å². The minimum absolute atomic E-state index is 0.111. The van der Waals surface area contributed by atoms with Gasteiger partial charge in [-0.25, -0.2) is 17.5 Å². The maximum atomic E-state index is 11.5. The zero-order valence-electron chi connectivity index (χ0n) is 11.2. The highest BCUT2D eigenvalue weighted by atomic mass is 32.2. The van der Waals surface area contributed by atoms with Crippen molar-refractivity contribution in [3.8, 4) is 0 Å². The van der Waals surface area contributed by atoms with E-state index in [0.717, 1.165) is 12.8 Å². The summed E-state index contributed by atoms with van der Waals surface area (Å²) >= 11 is 0. The fraction of sp³-hybridized carbons (Fsp3) is 0.636. The lowest BCUT2D eigenvalue weighted by atomic mass is 10.00. The number of hydrogen-bond acceptors (Lipinski definition) is 5. The van der Waals surface area contributed by atoms with Gasteiger partial charge in [-0.15, -0.1) is 0 Å². The van der Waals surface area contributed by atoms with E-state index in [9.17, 15) is 13.2 Å². The topological polar surface area (TPSA) is 119 Å². The SMILES string of the molecule is CS(=O)(=O)N1CCCC(Cn2cc(N)c(C(=O)O)n2)C1. The number of hydrogen-bond donors (Lipinski definition) is 2. The van der Waals surface area contributed by atoms with Gasteiger partial charge in [0.05, 0.1) is 11.9 Å². The third-order valence-electron chi connectivity index (χ3n) is 3.39. The molecule has 1 fully saturated rings. The molecule has 2 heterocycles. The van der Waals surface area contributed by atoms with Crippen molar-refractivity contribution in [2.75, 3.05) is 25.1 Å². The summed E-state index contributed by atoms with van der Waals surface area (Å²) < 4.78 is 26.0. The van der Waals surface area contributed by atoms with E-state index in [0.29, 0.717) is 19.6 Å². The number of sulfonamides is 1. The first kappa shape index (κ1) is 14.8. The van der Waals surface area contributed by atoms with Crippen molar-refractivity contribution in [1.82, 2.24) is 14.1 Å². The second-order valence-electron chi connectivity index (χ2n) is 5.09. The summed E-state index contributed by atoms with van der Waals surface area (Å²) in [7, 11) is -3.18. The number of carboxylic acids is 1. The molecule has 1 aromatic heterocycles. The monoisotopic (exact) mass is 302 g/mol. The van der Waals surface area contributed by atoms with Crippen LogP contribution in [0.15, 0.2) is 6.20 Å². The molecule has 0 aromatic carbocycles. The lowest BCUT2D eigenvalue weighted by molar-refractivity contribution is 0.0690. The molecule has 0 radical (unpaired) electrons. The van der Waals surface area contributed by atoms with Gasteiger partial charge in [0.25, 0.3) is 0 Å². The smallest absolute Gasteiger partial charge is 0.358 e. The molecule has 8 nitrogen and oxygen atoms in total. The molecule has 20 heavy (non-hydrogen) atoms. The maximum absolute atomic E-state index is 11.5. The number of aromatic nitrogens is 2. The third-order valence-corrected chi connectivity index (χ3v) is 4.66. The van der Waals surface area contributed by atoms with E-state index in [2.05, 4.69) is 5.10 Å². The van der Waals surface area contributed by atoms with Crippen LogP contribution in [0.5, 0.6) is 0 Å². The molecule has 3 N–H and O–H groups in total. The Balaban J connectivity index is 2.06. The molecule has 2 rings (SSSR count). The molecule has 0 amide bonds. The van der Waals surface area contributed by atoms with E-state index in [4.69, 9.17) is 10.8 Å². The first-order valence-corrected chi connectivity index (χ1v) is 8.13. The van der Waals surface area contributed by atoms with Crippen molar-refractivity contribution in [2.24, 2.45) is 5.92 Å². The molecule has 0 spiro atoms. The number of aromatic carboxylic acids is 1. The van der Waals surface area contributed by atoms with Crippen molar-refractivity contribution >= 4 is 21.7 Å². The van der Waals surface area contributed by atoms with Gasteiger partial charge in [-0.3, -0.25) is 4.68 Å². The Labute approximate surface area is 117 Å². The van der Waals surface area contributed by atoms with Crippen molar-refractivity contribution in [3.63, 3.8) is 0 Å². The fourth-order valence-electron chi connectivity index (χ4n) is 2.44. The van der Waals surface area contributed by atoms with Gasteiger partial charge in [0.2, 0.25) is 10.0 Å². The average molecular weight is 302 g/mol. The van der Waals surface area contributed by atoms with Crippen molar-refractivity contribution in [2.45, 2.75) is 19.4 Å². The Bertz CT molecular complexity index is 610. The molecule has 9 heteroatoms. The maximum Gasteiger partial charge on any atom is 0.358 e. The average Bonchev–Trinajstić information content (AvgIpc) is 2.69. The highest BCUT2D eigenvalue weighted by Crippen LogP contribution is 2.21. The zero-order chi connectivity index (χ0) is 14.9. The van der Waals surface area contributed by atoms with E-state index < -0.39 is 16.0 Å². The van der Waals surface area contributed by atoms with E-state index in [1.165, 1.54) is 21.4 Å². The first-order chi connectivity index (χ1) is 9.27. The van der Waals surface area contributed by atoms with E-state index in [-0.39, 0.29) is 17.3 Å². The molecule has 1 aliphatic rings. The molecule has 112 valence electrons. The van der Waals surface area contributed by atoms with E-state index in [1.54, 1.807) is 0 Å². The number of nitrogens with zero attached hydrogens (tertiary/aromatic N) is 3. The molecular weight excluding hydrogens is 284 g/mol. The van der Waals surface area contributed by atoms with Gasteiger partial charge in [-0.1, -0.05) is 0 Å². The normalized spacial score (nSPS) is 20.9. The van der Waals surface area contributed by atoms with Gasteiger partial charge in [-0.05, 0) is 18.8 Å². The molecule has 0 aliphatic carbocycles. The van der Waals surface area contributed by atoms with E-state index in [1.807, 2.05) is 0 Å². The van der Waals surface area contributed by atoms with Gasteiger partial charge < -0.3 is 10.8 Å². The lowest BCUT2D eigenvalue weighted by Crippen LogP contribution is -2.40. The quantitative estimate of drug-likeness (QED) is 0.797. The molecule has 0 saturated carbocycles. The van der Waals surface area contributed by atoms with E-state index >= 15 is 0 Å².